The molecule has 0 aliphatic rings. The van der Waals surface area contributed by atoms with Crippen LogP contribution in [0.25, 0.3) is 0 Å². The van der Waals surface area contributed by atoms with Gasteiger partial charge in [0.2, 0.25) is 0 Å². The highest BCUT2D eigenvalue weighted by Crippen LogP contribution is 2.23. The molecular weight excluding hydrogens is 371 g/mol. The monoisotopic (exact) mass is 396 g/mol. The van der Waals surface area contributed by atoms with Gasteiger partial charge in [-0.25, -0.2) is 4.98 Å². The fourth-order valence-electron chi connectivity index (χ4n) is 1.70. The minimum absolute atomic E-state index is 0. The van der Waals surface area contributed by atoms with E-state index in [1.807, 2.05) is 0 Å². The van der Waals surface area contributed by atoms with E-state index in [2.05, 4.69) is 55.2 Å². The Morgan fingerprint density at radius 1 is 1.32 bits per heavy atom. The smallest absolute Gasteiger partial charge is 0.191 e. The molecule has 0 saturated heterocycles. The average molecular weight is 396 g/mol. The fourth-order valence-corrected chi connectivity index (χ4v) is 2.73. The van der Waals surface area contributed by atoms with Gasteiger partial charge in [0.05, 0.1) is 12.2 Å². The highest BCUT2D eigenvalue weighted by Gasteiger charge is 2.11. The Bertz CT molecular complexity index is 413. The summed E-state index contributed by atoms with van der Waals surface area (Å²) in [7, 11) is 1.78. The number of rotatable bonds is 4. The Hall–Kier alpha value is -0.370. The van der Waals surface area contributed by atoms with Crippen LogP contribution in [0.3, 0.4) is 0 Å². The molecule has 2 N–H and O–H groups in total. The van der Waals surface area contributed by atoms with Gasteiger partial charge in [-0.05, 0) is 26.7 Å². The minimum atomic E-state index is 0. The summed E-state index contributed by atoms with van der Waals surface area (Å²) in [6, 6.07) is 0.375. The van der Waals surface area contributed by atoms with Crippen LogP contribution in [0, 0.1) is 6.92 Å². The van der Waals surface area contributed by atoms with Crippen LogP contribution < -0.4 is 10.6 Å². The standard InChI is InChI=1S/C13H24N4S.HI/c1-8(2)12-10(5)18-11(17-12)7-15-13(14-6)16-9(3)4;/h8-9H,7H2,1-6H3,(H2,14,15,16);1H. The maximum Gasteiger partial charge on any atom is 0.191 e. The van der Waals surface area contributed by atoms with Crippen LogP contribution in [0.4, 0.5) is 0 Å². The van der Waals surface area contributed by atoms with E-state index in [-0.39, 0.29) is 24.0 Å². The van der Waals surface area contributed by atoms with E-state index in [1.165, 1.54) is 10.6 Å². The molecule has 0 unspecified atom stereocenters. The quantitative estimate of drug-likeness (QED) is 0.467. The molecular formula is C13H25IN4S. The van der Waals surface area contributed by atoms with Gasteiger partial charge >= 0.3 is 0 Å². The predicted octanol–water partition coefficient (Wildman–Crippen LogP) is 3.27. The molecule has 0 saturated carbocycles. The molecule has 0 amide bonds. The molecule has 0 aromatic carbocycles. The predicted molar refractivity (Wildman–Crippen MR) is 94.8 cm³/mol. The van der Waals surface area contributed by atoms with Gasteiger partial charge in [0, 0.05) is 18.0 Å². The number of aryl methyl sites for hydroxylation is 1. The zero-order valence-corrected chi connectivity index (χ0v) is 15.7. The van der Waals surface area contributed by atoms with Gasteiger partial charge in [-0.15, -0.1) is 35.3 Å². The summed E-state index contributed by atoms with van der Waals surface area (Å²) in [4.78, 5) is 10.2. The number of hydrogen-bond donors (Lipinski definition) is 2. The van der Waals surface area contributed by atoms with Crippen molar-refractivity contribution >= 4 is 41.3 Å². The number of nitrogens with one attached hydrogen (secondary N) is 2. The maximum absolute atomic E-state index is 4.67. The van der Waals surface area contributed by atoms with Gasteiger partial charge in [0.15, 0.2) is 5.96 Å². The average Bonchev–Trinajstić information content (AvgIpc) is 2.65. The highest BCUT2D eigenvalue weighted by molar-refractivity contribution is 14.0. The molecule has 110 valence electrons. The van der Waals surface area contributed by atoms with E-state index in [0.717, 1.165) is 17.5 Å². The summed E-state index contributed by atoms with van der Waals surface area (Å²) in [5, 5.41) is 7.66. The molecule has 1 aromatic heterocycles. The topological polar surface area (TPSA) is 49.3 Å². The summed E-state index contributed by atoms with van der Waals surface area (Å²) in [6.45, 7) is 11.4. The number of guanidine groups is 1. The first-order valence-electron chi connectivity index (χ1n) is 6.37. The third-order valence-electron chi connectivity index (χ3n) is 2.48. The minimum Gasteiger partial charge on any atom is -0.354 e. The van der Waals surface area contributed by atoms with E-state index in [4.69, 9.17) is 0 Å². The lowest BCUT2D eigenvalue weighted by molar-refractivity contribution is 0.697. The molecule has 1 aromatic rings. The summed E-state index contributed by atoms with van der Waals surface area (Å²) in [6.07, 6.45) is 0. The second-order valence-corrected chi connectivity index (χ2v) is 6.22. The van der Waals surface area contributed by atoms with Crippen molar-refractivity contribution in [3.63, 3.8) is 0 Å². The van der Waals surface area contributed by atoms with Crippen molar-refractivity contribution in [2.75, 3.05) is 7.05 Å². The van der Waals surface area contributed by atoms with E-state index in [0.29, 0.717) is 12.0 Å². The molecule has 1 heterocycles. The van der Waals surface area contributed by atoms with Crippen molar-refractivity contribution in [1.29, 1.82) is 0 Å². The van der Waals surface area contributed by atoms with Crippen LogP contribution >= 0.6 is 35.3 Å². The summed E-state index contributed by atoms with van der Waals surface area (Å²) < 4.78 is 0. The Kier molecular flexibility index (Phi) is 8.56. The first-order valence-corrected chi connectivity index (χ1v) is 7.19. The Labute approximate surface area is 137 Å². The maximum atomic E-state index is 4.67. The number of aromatic nitrogens is 1. The molecule has 0 aliphatic carbocycles. The zero-order chi connectivity index (χ0) is 13.7. The van der Waals surface area contributed by atoms with Crippen LogP contribution in [0.15, 0.2) is 4.99 Å². The van der Waals surface area contributed by atoms with Crippen LogP contribution in [-0.4, -0.2) is 24.0 Å². The number of halogens is 1. The molecule has 19 heavy (non-hydrogen) atoms. The Balaban J connectivity index is 0.00000324. The Morgan fingerprint density at radius 3 is 2.37 bits per heavy atom. The lowest BCUT2D eigenvalue weighted by Crippen LogP contribution is -2.40. The first kappa shape index (κ1) is 18.6. The van der Waals surface area contributed by atoms with E-state index in [9.17, 15) is 0 Å². The molecule has 0 spiro atoms. The molecule has 6 heteroatoms. The van der Waals surface area contributed by atoms with Gasteiger partial charge in [-0.2, -0.15) is 0 Å². The fraction of sp³-hybridized carbons (Fsp3) is 0.692. The molecule has 0 fully saturated rings. The Morgan fingerprint density at radius 2 is 1.95 bits per heavy atom. The van der Waals surface area contributed by atoms with Crippen LogP contribution in [0.2, 0.25) is 0 Å². The normalized spacial score (nSPS) is 11.7. The third kappa shape index (κ3) is 6.07. The van der Waals surface area contributed by atoms with E-state index < -0.39 is 0 Å². The lowest BCUT2D eigenvalue weighted by Gasteiger charge is -2.13. The number of nitrogens with zero attached hydrogens (tertiary/aromatic N) is 2. The van der Waals surface area contributed by atoms with E-state index in [1.54, 1.807) is 18.4 Å². The molecule has 1 rings (SSSR count). The van der Waals surface area contributed by atoms with Crippen molar-refractivity contribution in [3.8, 4) is 0 Å². The summed E-state index contributed by atoms with van der Waals surface area (Å²) in [5.74, 6) is 1.31. The van der Waals surface area contributed by atoms with Crippen LogP contribution in [-0.2, 0) is 6.54 Å². The van der Waals surface area contributed by atoms with Crippen molar-refractivity contribution < 1.29 is 0 Å². The van der Waals surface area contributed by atoms with E-state index >= 15 is 0 Å². The summed E-state index contributed by atoms with van der Waals surface area (Å²) >= 11 is 1.76. The second kappa shape index (κ2) is 8.73. The highest BCUT2D eigenvalue weighted by atomic mass is 127. The molecule has 0 atom stereocenters. The van der Waals surface area contributed by atoms with Crippen molar-refractivity contribution in [2.24, 2.45) is 4.99 Å². The number of aliphatic imine (C=N–C) groups is 1. The van der Waals surface area contributed by atoms with Gasteiger partial charge in [-0.1, -0.05) is 13.8 Å². The van der Waals surface area contributed by atoms with Crippen LogP contribution in [0.1, 0.15) is 49.2 Å². The first-order chi connectivity index (χ1) is 8.43. The summed E-state index contributed by atoms with van der Waals surface area (Å²) in [5.41, 5.74) is 1.21. The zero-order valence-electron chi connectivity index (χ0n) is 12.6. The van der Waals surface area contributed by atoms with Gasteiger partial charge in [0.1, 0.15) is 5.01 Å². The number of thiazole rings is 1. The van der Waals surface area contributed by atoms with Crippen molar-refractivity contribution in [1.82, 2.24) is 15.6 Å². The molecule has 4 nitrogen and oxygen atoms in total. The molecule has 0 radical (unpaired) electrons. The molecule has 0 bridgehead atoms. The van der Waals surface area contributed by atoms with Gasteiger partial charge in [0.25, 0.3) is 0 Å². The lowest BCUT2D eigenvalue weighted by atomic mass is 10.1. The van der Waals surface area contributed by atoms with Gasteiger partial charge in [-0.3, -0.25) is 4.99 Å². The molecule has 0 aliphatic heterocycles. The van der Waals surface area contributed by atoms with Gasteiger partial charge < -0.3 is 10.6 Å². The van der Waals surface area contributed by atoms with Crippen molar-refractivity contribution in [2.45, 2.75) is 53.1 Å². The number of hydrogen-bond acceptors (Lipinski definition) is 3. The van der Waals surface area contributed by atoms with Crippen LogP contribution in [0.5, 0.6) is 0 Å². The van der Waals surface area contributed by atoms with Crippen molar-refractivity contribution in [3.05, 3.63) is 15.6 Å². The SMILES string of the molecule is CN=C(NCc1nc(C(C)C)c(C)s1)NC(C)C.I. The largest absolute Gasteiger partial charge is 0.354 e. The second-order valence-electron chi connectivity index (χ2n) is 4.93. The third-order valence-corrected chi connectivity index (χ3v) is 3.47.